The Morgan fingerprint density at radius 1 is 1.00 bits per heavy atom. The molecule has 0 amide bonds. The molecule has 2 aromatic rings. The summed E-state index contributed by atoms with van der Waals surface area (Å²) < 4.78 is 0. The van der Waals surface area contributed by atoms with Crippen LogP contribution in [-0.4, -0.2) is 0 Å². The quantitative estimate of drug-likeness (QED) is 0.643. The van der Waals surface area contributed by atoms with E-state index >= 15 is 0 Å². The SMILES string of the molecule is [CH]=CCc1ccc2ccccc2c1. The van der Waals surface area contributed by atoms with E-state index in [1.165, 1.54) is 16.3 Å². The van der Waals surface area contributed by atoms with E-state index < -0.39 is 0 Å². The van der Waals surface area contributed by atoms with Crippen molar-refractivity contribution in [1.82, 2.24) is 0 Å². The van der Waals surface area contributed by atoms with E-state index in [2.05, 4.69) is 42.5 Å². The predicted molar refractivity (Wildman–Crippen MR) is 56.5 cm³/mol. The second-order valence-corrected chi connectivity index (χ2v) is 3.12. The molecule has 0 heteroatoms. The molecule has 13 heavy (non-hydrogen) atoms. The molecule has 0 saturated heterocycles. The number of rotatable bonds is 2. The fraction of sp³-hybridized carbons (Fsp3) is 0.0769. The largest absolute Gasteiger partial charge is 0.0801 e. The normalized spacial score (nSPS) is 10.2. The van der Waals surface area contributed by atoms with Gasteiger partial charge in [-0.25, -0.2) is 0 Å². The predicted octanol–water partition coefficient (Wildman–Crippen LogP) is 3.37. The zero-order valence-corrected chi connectivity index (χ0v) is 7.40. The molecule has 0 spiro atoms. The summed E-state index contributed by atoms with van der Waals surface area (Å²) in [6.45, 7) is 5.38. The first-order chi connectivity index (χ1) is 6.40. The van der Waals surface area contributed by atoms with Crippen LogP contribution in [0.15, 0.2) is 48.5 Å². The molecule has 0 nitrogen and oxygen atoms in total. The van der Waals surface area contributed by atoms with Crippen molar-refractivity contribution in [2.45, 2.75) is 6.42 Å². The van der Waals surface area contributed by atoms with E-state index in [9.17, 15) is 0 Å². The number of allylic oxidation sites excluding steroid dienone is 1. The van der Waals surface area contributed by atoms with Crippen LogP contribution in [0.5, 0.6) is 0 Å². The van der Waals surface area contributed by atoms with Gasteiger partial charge in [-0.3, -0.25) is 0 Å². The van der Waals surface area contributed by atoms with Crippen LogP contribution in [0.1, 0.15) is 5.56 Å². The van der Waals surface area contributed by atoms with Gasteiger partial charge < -0.3 is 0 Å². The Morgan fingerprint density at radius 3 is 2.54 bits per heavy atom. The summed E-state index contributed by atoms with van der Waals surface area (Å²) in [5, 5.41) is 2.56. The Bertz CT molecular complexity index is 427. The average molecular weight is 167 g/mol. The Balaban J connectivity index is 2.55. The van der Waals surface area contributed by atoms with Gasteiger partial charge in [-0.05, 0) is 22.8 Å². The van der Waals surface area contributed by atoms with Crippen molar-refractivity contribution in [1.29, 1.82) is 0 Å². The molecule has 0 aliphatic carbocycles. The van der Waals surface area contributed by atoms with Gasteiger partial charge in [0.05, 0.1) is 0 Å². The maximum atomic E-state index is 5.38. The highest BCUT2D eigenvalue weighted by Gasteiger charge is 1.93. The van der Waals surface area contributed by atoms with Crippen molar-refractivity contribution in [2.24, 2.45) is 0 Å². The third-order valence-electron chi connectivity index (χ3n) is 2.17. The van der Waals surface area contributed by atoms with Crippen LogP contribution in [0.2, 0.25) is 0 Å². The zero-order chi connectivity index (χ0) is 9.10. The smallest absolute Gasteiger partial charge is 0.00941 e. The summed E-state index contributed by atoms with van der Waals surface area (Å²) >= 11 is 0. The minimum atomic E-state index is 0.838. The highest BCUT2D eigenvalue weighted by Crippen LogP contribution is 2.15. The lowest BCUT2D eigenvalue weighted by atomic mass is 10.1. The van der Waals surface area contributed by atoms with E-state index in [-0.39, 0.29) is 0 Å². The molecular formula is C13H11. The molecule has 0 unspecified atom stereocenters. The lowest BCUT2D eigenvalue weighted by molar-refractivity contribution is 1.29. The molecule has 0 aliphatic heterocycles. The van der Waals surface area contributed by atoms with E-state index in [0.717, 1.165) is 6.42 Å². The monoisotopic (exact) mass is 167 g/mol. The van der Waals surface area contributed by atoms with Crippen LogP contribution in [0.4, 0.5) is 0 Å². The van der Waals surface area contributed by atoms with Crippen molar-refractivity contribution in [3.63, 3.8) is 0 Å². The Hall–Kier alpha value is -1.56. The van der Waals surface area contributed by atoms with Gasteiger partial charge in [-0.1, -0.05) is 55.1 Å². The molecule has 0 saturated carbocycles. The van der Waals surface area contributed by atoms with E-state index in [4.69, 9.17) is 6.58 Å². The van der Waals surface area contributed by atoms with Gasteiger partial charge in [0.1, 0.15) is 0 Å². The molecular weight excluding hydrogens is 156 g/mol. The Labute approximate surface area is 78.5 Å². The van der Waals surface area contributed by atoms with Gasteiger partial charge in [-0.2, -0.15) is 0 Å². The third-order valence-corrected chi connectivity index (χ3v) is 2.17. The molecule has 0 heterocycles. The molecule has 0 aliphatic rings. The van der Waals surface area contributed by atoms with Gasteiger partial charge >= 0.3 is 0 Å². The highest BCUT2D eigenvalue weighted by atomic mass is 14.0. The van der Waals surface area contributed by atoms with Gasteiger partial charge in [0, 0.05) is 0 Å². The average Bonchev–Trinajstić information content (AvgIpc) is 2.18. The van der Waals surface area contributed by atoms with Crippen LogP contribution < -0.4 is 0 Å². The van der Waals surface area contributed by atoms with Crippen LogP contribution in [-0.2, 0) is 6.42 Å². The molecule has 0 aromatic heterocycles. The van der Waals surface area contributed by atoms with Crippen LogP contribution in [0.25, 0.3) is 10.8 Å². The van der Waals surface area contributed by atoms with E-state index in [0.29, 0.717) is 0 Å². The molecule has 0 atom stereocenters. The molecule has 2 aromatic carbocycles. The molecule has 1 radical (unpaired) electrons. The maximum Gasteiger partial charge on any atom is -0.00941 e. The van der Waals surface area contributed by atoms with Gasteiger partial charge in [0.15, 0.2) is 0 Å². The fourth-order valence-electron chi connectivity index (χ4n) is 1.50. The van der Waals surface area contributed by atoms with Gasteiger partial charge in [-0.15, -0.1) is 0 Å². The zero-order valence-electron chi connectivity index (χ0n) is 7.40. The first-order valence-corrected chi connectivity index (χ1v) is 4.41. The number of hydrogen-bond donors (Lipinski definition) is 0. The summed E-state index contributed by atoms with van der Waals surface area (Å²) in [6.07, 6.45) is 2.52. The summed E-state index contributed by atoms with van der Waals surface area (Å²) in [6, 6.07) is 14.8. The summed E-state index contributed by atoms with van der Waals surface area (Å²) in [5.41, 5.74) is 1.27. The molecule has 0 bridgehead atoms. The molecule has 63 valence electrons. The highest BCUT2D eigenvalue weighted by molar-refractivity contribution is 5.83. The summed E-state index contributed by atoms with van der Waals surface area (Å²) in [5.74, 6) is 0. The van der Waals surface area contributed by atoms with Crippen LogP contribution in [0.3, 0.4) is 0 Å². The minimum absolute atomic E-state index is 0.838. The van der Waals surface area contributed by atoms with Crippen molar-refractivity contribution >= 4 is 10.8 Å². The molecule has 0 N–H and O–H groups in total. The van der Waals surface area contributed by atoms with Crippen LogP contribution >= 0.6 is 0 Å². The van der Waals surface area contributed by atoms with E-state index in [1.54, 1.807) is 6.08 Å². The standard InChI is InChI=1S/C13H11/c1-2-5-11-8-9-12-6-3-4-7-13(12)10-11/h1-4,6-10H,5H2. The lowest BCUT2D eigenvalue weighted by Crippen LogP contribution is -1.80. The third kappa shape index (κ3) is 1.62. The van der Waals surface area contributed by atoms with Gasteiger partial charge in [0.2, 0.25) is 0 Å². The summed E-state index contributed by atoms with van der Waals surface area (Å²) in [7, 11) is 0. The second kappa shape index (κ2) is 3.44. The van der Waals surface area contributed by atoms with Crippen molar-refractivity contribution < 1.29 is 0 Å². The van der Waals surface area contributed by atoms with Crippen molar-refractivity contribution in [3.8, 4) is 0 Å². The van der Waals surface area contributed by atoms with Crippen LogP contribution in [0, 0.1) is 6.58 Å². The minimum Gasteiger partial charge on any atom is -0.0801 e. The van der Waals surface area contributed by atoms with E-state index in [1.807, 2.05) is 0 Å². The first-order valence-electron chi connectivity index (χ1n) is 4.41. The topological polar surface area (TPSA) is 0 Å². The maximum absolute atomic E-state index is 5.38. The Morgan fingerprint density at radius 2 is 1.77 bits per heavy atom. The Kier molecular flexibility index (Phi) is 2.13. The summed E-state index contributed by atoms with van der Waals surface area (Å²) in [4.78, 5) is 0. The first kappa shape index (κ1) is 8.06. The lowest BCUT2D eigenvalue weighted by Gasteiger charge is -2.00. The second-order valence-electron chi connectivity index (χ2n) is 3.12. The van der Waals surface area contributed by atoms with Crippen molar-refractivity contribution in [2.75, 3.05) is 0 Å². The number of benzene rings is 2. The number of fused-ring (bicyclic) bond motifs is 1. The van der Waals surface area contributed by atoms with Gasteiger partial charge in [0.25, 0.3) is 0 Å². The molecule has 2 rings (SSSR count). The van der Waals surface area contributed by atoms with Crippen molar-refractivity contribution in [3.05, 3.63) is 60.7 Å². The molecule has 0 fully saturated rings. The number of hydrogen-bond acceptors (Lipinski definition) is 0. The fourth-order valence-corrected chi connectivity index (χ4v) is 1.50.